The van der Waals surface area contributed by atoms with Crippen LogP contribution in [0.25, 0.3) is 0 Å². The number of quaternary nitrogens is 1. The largest absolute Gasteiger partial charge is 1.00 e. The molecule has 0 aromatic carbocycles. The molecule has 5 nitrogen and oxygen atoms in total. The summed E-state index contributed by atoms with van der Waals surface area (Å²) in [5.74, 6) is 0.711. The number of likely N-dealkylation sites (N-methyl/N-ethyl adjacent to an activating group) is 1. The smallest absolute Gasteiger partial charge is 0.374 e. The number of ether oxygens (including phenoxy) is 2. The van der Waals surface area contributed by atoms with Crippen LogP contribution in [-0.2, 0) is 16.0 Å². The van der Waals surface area contributed by atoms with Gasteiger partial charge in [0, 0.05) is 0 Å². The van der Waals surface area contributed by atoms with Crippen LogP contribution < -0.4 is 24.0 Å². The van der Waals surface area contributed by atoms with E-state index < -0.39 is 5.97 Å². The van der Waals surface area contributed by atoms with E-state index in [4.69, 9.17) is 13.9 Å². The Kier molecular flexibility index (Phi) is 6.28. The number of morpholine rings is 1. The van der Waals surface area contributed by atoms with E-state index in [9.17, 15) is 4.79 Å². The number of halogens is 1. The van der Waals surface area contributed by atoms with Gasteiger partial charge in [0.2, 0.25) is 5.76 Å². The zero-order valence-electron chi connectivity index (χ0n) is 11.4. The molecule has 2 rings (SSSR count). The minimum absolute atomic E-state index is 0. The van der Waals surface area contributed by atoms with Crippen LogP contribution in [0, 0.1) is 0 Å². The lowest BCUT2D eigenvalue weighted by Crippen LogP contribution is -3.00. The molecule has 1 aromatic rings. The van der Waals surface area contributed by atoms with Gasteiger partial charge in [0.1, 0.15) is 19.6 Å². The Balaban J connectivity index is 0.00000180. The average molecular weight is 381 g/mol. The number of esters is 1. The predicted octanol–water partition coefficient (Wildman–Crippen LogP) is -1.56. The highest BCUT2D eigenvalue weighted by Crippen LogP contribution is 2.17. The van der Waals surface area contributed by atoms with Crippen LogP contribution in [0.2, 0.25) is 0 Å². The summed E-state index contributed by atoms with van der Waals surface area (Å²) in [6.07, 6.45) is 0. The van der Waals surface area contributed by atoms with E-state index >= 15 is 0 Å². The van der Waals surface area contributed by atoms with Gasteiger partial charge in [0.25, 0.3) is 0 Å². The second-order valence-corrected chi connectivity index (χ2v) is 4.82. The fraction of sp³-hybridized carbons (Fsp3) is 0.615. The topological polar surface area (TPSA) is 48.7 Å². The lowest BCUT2D eigenvalue weighted by molar-refractivity contribution is -0.930. The zero-order chi connectivity index (χ0) is 13.0. The Morgan fingerprint density at radius 1 is 1.37 bits per heavy atom. The SMILES string of the molecule is CCOC(=O)c1ccc(C[N+]2(C)CCOCC2)o1.[I-]. The summed E-state index contributed by atoms with van der Waals surface area (Å²) in [7, 11) is 2.18. The molecule has 0 unspecified atom stereocenters. The first-order valence-electron chi connectivity index (χ1n) is 6.30. The van der Waals surface area contributed by atoms with Crippen LogP contribution in [0.15, 0.2) is 16.5 Å². The van der Waals surface area contributed by atoms with Gasteiger partial charge in [0.05, 0.1) is 26.9 Å². The number of hydrogen-bond donors (Lipinski definition) is 0. The summed E-state index contributed by atoms with van der Waals surface area (Å²) >= 11 is 0. The maximum Gasteiger partial charge on any atom is 0.374 e. The van der Waals surface area contributed by atoms with Crippen molar-refractivity contribution in [3.05, 3.63) is 23.7 Å². The molecule has 1 saturated heterocycles. The molecular weight excluding hydrogens is 361 g/mol. The average Bonchev–Trinajstić information content (AvgIpc) is 2.78. The van der Waals surface area contributed by atoms with Crippen molar-refractivity contribution in [1.29, 1.82) is 0 Å². The minimum Gasteiger partial charge on any atom is -1.00 e. The number of furan rings is 1. The Morgan fingerprint density at radius 2 is 2.05 bits per heavy atom. The third kappa shape index (κ3) is 4.47. The lowest BCUT2D eigenvalue weighted by Gasteiger charge is -2.36. The first-order valence-corrected chi connectivity index (χ1v) is 6.30. The van der Waals surface area contributed by atoms with E-state index in [0.29, 0.717) is 6.61 Å². The molecule has 2 heterocycles. The van der Waals surface area contributed by atoms with Gasteiger partial charge in [-0.3, -0.25) is 0 Å². The van der Waals surface area contributed by atoms with Crippen LogP contribution >= 0.6 is 0 Å². The van der Waals surface area contributed by atoms with E-state index in [1.165, 1.54) is 0 Å². The molecule has 1 aromatic heterocycles. The van der Waals surface area contributed by atoms with Crippen LogP contribution in [0.1, 0.15) is 23.2 Å². The molecule has 0 radical (unpaired) electrons. The molecule has 1 aliphatic heterocycles. The van der Waals surface area contributed by atoms with Crippen LogP contribution in [0.4, 0.5) is 0 Å². The fourth-order valence-corrected chi connectivity index (χ4v) is 2.09. The maximum absolute atomic E-state index is 11.5. The molecule has 0 amide bonds. The van der Waals surface area contributed by atoms with Gasteiger partial charge in [-0.2, -0.15) is 0 Å². The van der Waals surface area contributed by atoms with Crippen molar-refractivity contribution >= 4 is 5.97 Å². The number of rotatable bonds is 4. The van der Waals surface area contributed by atoms with Gasteiger partial charge in [-0.05, 0) is 19.1 Å². The lowest BCUT2D eigenvalue weighted by atomic mass is 10.3. The molecule has 0 aliphatic carbocycles. The molecule has 19 heavy (non-hydrogen) atoms. The van der Waals surface area contributed by atoms with Gasteiger partial charge < -0.3 is 42.4 Å². The molecule has 0 N–H and O–H groups in total. The Labute approximate surface area is 130 Å². The third-order valence-corrected chi connectivity index (χ3v) is 3.23. The quantitative estimate of drug-likeness (QED) is 0.360. The van der Waals surface area contributed by atoms with Gasteiger partial charge >= 0.3 is 5.97 Å². The maximum atomic E-state index is 11.5. The van der Waals surface area contributed by atoms with E-state index in [2.05, 4.69) is 7.05 Å². The number of nitrogens with zero attached hydrogens (tertiary/aromatic N) is 1. The van der Waals surface area contributed by atoms with Crippen molar-refractivity contribution in [2.24, 2.45) is 0 Å². The first-order chi connectivity index (χ1) is 8.63. The van der Waals surface area contributed by atoms with E-state index in [1.54, 1.807) is 13.0 Å². The van der Waals surface area contributed by atoms with Crippen molar-refractivity contribution in [1.82, 2.24) is 0 Å². The third-order valence-electron chi connectivity index (χ3n) is 3.23. The summed E-state index contributed by atoms with van der Waals surface area (Å²) in [5, 5.41) is 0. The molecule has 1 aliphatic rings. The molecule has 0 saturated carbocycles. The van der Waals surface area contributed by atoms with Crippen LogP contribution in [0.5, 0.6) is 0 Å². The Hall–Kier alpha value is -0.600. The van der Waals surface area contributed by atoms with E-state index in [0.717, 1.165) is 43.1 Å². The summed E-state index contributed by atoms with van der Waals surface area (Å²) in [6.45, 7) is 6.42. The van der Waals surface area contributed by atoms with Crippen molar-refractivity contribution in [2.45, 2.75) is 13.5 Å². The van der Waals surface area contributed by atoms with Crippen LogP contribution in [-0.4, -0.2) is 50.4 Å². The van der Waals surface area contributed by atoms with Gasteiger partial charge in [-0.15, -0.1) is 0 Å². The van der Waals surface area contributed by atoms with Crippen molar-refractivity contribution in [3.8, 4) is 0 Å². The Morgan fingerprint density at radius 3 is 2.68 bits per heavy atom. The highest BCUT2D eigenvalue weighted by Gasteiger charge is 2.27. The molecular formula is C13H20INO4. The van der Waals surface area contributed by atoms with Gasteiger partial charge in [-0.1, -0.05) is 0 Å². The molecule has 0 atom stereocenters. The fourth-order valence-electron chi connectivity index (χ4n) is 2.09. The second kappa shape index (κ2) is 7.25. The first kappa shape index (κ1) is 16.5. The molecule has 108 valence electrons. The van der Waals surface area contributed by atoms with E-state index in [1.807, 2.05) is 6.07 Å². The molecule has 0 bridgehead atoms. The number of hydrogen-bond acceptors (Lipinski definition) is 4. The van der Waals surface area contributed by atoms with E-state index in [-0.39, 0.29) is 29.7 Å². The molecule has 6 heteroatoms. The van der Waals surface area contributed by atoms with Crippen molar-refractivity contribution < 1.29 is 47.1 Å². The second-order valence-electron chi connectivity index (χ2n) is 4.82. The van der Waals surface area contributed by atoms with Crippen LogP contribution in [0.3, 0.4) is 0 Å². The monoisotopic (exact) mass is 381 g/mol. The normalized spacial score (nSPS) is 17.6. The zero-order valence-corrected chi connectivity index (χ0v) is 13.5. The minimum atomic E-state index is -0.395. The summed E-state index contributed by atoms with van der Waals surface area (Å²) in [5.41, 5.74) is 0. The highest BCUT2D eigenvalue weighted by atomic mass is 127. The molecule has 1 fully saturated rings. The number of carbonyl (C=O) groups is 1. The molecule has 0 spiro atoms. The highest BCUT2D eigenvalue weighted by molar-refractivity contribution is 5.86. The summed E-state index contributed by atoms with van der Waals surface area (Å²) < 4.78 is 16.7. The number of carbonyl (C=O) groups excluding carboxylic acids is 1. The van der Waals surface area contributed by atoms with Gasteiger partial charge in [-0.25, -0.2) is 4.79 Å². The summed E-state index contributed by atoms with van der Waals surface area (Å²) in [4.78, 5) is 11.5. The van der Waals surface area contributed by atoms with Gasteiger partial charge in [0.15, 0.2) is 5.76 Å². The Bertz CT molecular complexity index is 413. The summed E-state index contributed by atoms with van der Waals surface area (Å²) in [6, 6.07) is 3.53. The predicted molar refractivity (Wildman–Crippen MR) is 65.1 cm³/mol. The standard InChI is InChI=1S/C13H20NO4.HI/c1-3-17-13(15)12-5-4-11(18-12)10-14(2)6-8-16-9-7-14;/h4-5H,3,6-10H2,1-2H3;1H/q+1;/p-1. The van der Waals surface area contributed by atoms with Crippen molar-refractivity contribution in [3.63, 3.8) is 0 Å². The van der Waals surface area contributed by atoms with Crippen molar-refractivity contribution in [2.75, 3.05) is 40.0 Å².